The van der Waals surface area contributed by atoms with E-state index in [-0.39, 0.29) is 11.8 Å². The molecule has 32 heavy (non-hydrogen) atoms. The number of nitrogens with zero attached hydrogens (tertiary/aromatic N) is 2. The first-order valence-electron chi connectivity index (χ1n) is 10.7. The second-order valence-electron chi connectivity index (χ2n) is 8.26. The van der Waals surface area contributed by atoms with Gasteiger partial charge in [0.05, 0.1) is 18.1 Å². The van der Waals surface area contributed by atoms with Crippen molar-refractivity contribution in [3.8, 4) is 16.9 Å². The summed E-state index contributed by atoms with van der Waals surface area (Å²) in [5, 5.41) is 0. The van der Waals surface area contributed by atoms with E-state index in [1.165, 1.54) is 0 Å². The third kappa shape index (κ3) is 4.35. The van der Waals surface area contributed by atoms with Gasteiger partial charge in [0.2, 0.25) is 5.91 Å². The van der Waals surface area contributed by atoms with Crippen LogP contribution in [-0.4, -0.2) is 41.9 Å². The predicted molar refractivity (Wildman–Crippen MR) is 123 cm³/mol. The number of rotatable bonds is 6. The molecule has 6 heteroatoms. The number of likely N-dealkylation sites (tertiary alicyclic amines) is 1. The van der Waals surface area contributed by atoms with Crippen molar-refractivity contribution in [1.82, 2.24) is 9.88 Å². The number of benzene rings is 2. The summed E-state index contributed by atoms with van der Waals surface area (Å²) in [4.78, 5) is 31.6. The molecule has 2 amide bonds. The van der Waals surface area contributed by atoms with Crippen molar-refractivity contribution >= 4 is 11.8 Å². The molecule has 2 N–H and O–H groups in total. The topological polar surface area (TPSA) is 85.5 Å². The van der Waals surface area contributed by atoms with E-state index in [2.05, 4.69) is 11.1 Å². The highest BCUT2D eigenvalue weighted by Crippen LogP contribution is 2.36. The smallest absolute Gasteiger partial charge is 0.257 e. The van der Waals surface area contributed by atoms with Crippen LogP contribution >= 0.6 is 0 Å². The number of primary amides is 1. The molecular formula is C26H27N3O3. The van der Waals surface area contributed by atoms with Crippen LogP contribution in [0.4, 0.5) is 0 Å². The summed E-state index contributed by atoms with van der Waals surface area (Å²) >= 11 is 0. The Balaban J connectivity index is 1.51. The van der Waals surface area contributed by atoms with Crippen LogP contribution in [0.1, 0.15) is 28.8 Å². The van der Waals surface area contributed by atoms with Crippen LogP contribution in [0.15, 0.2) is 73.1 Å². The van der Waals surface area contributed by atoms with E-state index >= 15 is 0 Å². The third-order valence-corrected chi connectivity index (χ3v) is 6.33. The second-order valence-corrected chi connectivity index (χ2v) is 8.26. The molecular weight excluding hydrogens is 402 g/mol. The molecule has 0 atom stereocenters. The van der Waals surface area contributed by atoms with Crippen molar-refractivity contribution in [2.45, 2.75) is 19.3 Å². The van der Waals surface area contributed by atoms with Crippen LogP contribution in [0.25, 0.3) is 11.1 Å². The zero-order valence-electron chi connectivity index (χ0n) is 18.2. The highest BCUT2D eigenvalue weighted by atomic mass is 16.5. The van der Waals surface area contributed by atoms with Gasteiger partial charge in [-0.1, -0.05) is 42.5 Å². The Morgan fingerprint density at radius 3 is 2.47 bits per heavy atom. The fourth-order valence-electron chi connectivity index (χ4n) is 4.42. The van der Waals surface area contributed by atoms with E-state index < -0.39 is 5.41 Å². The minimum atomic E-state index is -0.675. The summed E-state index contributed by atoms with van der Waals surface area (Å²) in [5.41, 5.74) is 8.90. The first kappa shape index (κ1) is 21.6. The molecule has 0 aliphatic carbocycles. The summed E-state index contributed by atoms with van der Waals surface area (Å²) in [7, 11) is 1.56. The molecule has 3 aromatic rings. The molecule has 1 aliphatic heterocycles. The van der Waals surface area contributed by atoms with Crippen LogP contribution in [0.2, 0.25) is 0 Å². The van der Waals surface area contributed by atoms with E-state index in [4.69, 9.17) is 10.5 Å². The largest absolute Gasteiger partial charge is 0.496 e. The van der Waals surface area contributed by atoms with E-state index in [9.17, 15) is 9.59 Å². The van der Waals surface area contributed by atoms with Crippen LogP contribution < -0.4 is 10.5 Å². The maximum absolute atomic E-state index is 13.0. The second kappa shape index (κ2) is 9.22. The number of pyridine rings is 1. The minimum Gasteiger partial charge on any atom is -0.496 e. The number of piperidine rings is 1. The lowest BCUT2D eigenvalue weighted by atomic mass is 9.73. The zero-order chi connectivity index (χ0) is 22.6. The molecule has 164 valence electrons. The van der Waals surface area contributed by atoms with Crippen molar-refractivity contribution < 1.29 is 14.3 Å². The number of para-hydroxylation sites is 1. The highest BCUT2D eigenvalue weighted by molar-refractivity contribution is 5.97. The van der Waals surface area contributed by atoms with Gasteiger partial charge in [0.15, 0.2) is 0 Å². The SMILES string of the molecule is COc1ccccc1C(=O)N1CCC(Cc2cccc(-c3cccnc3)c2)(C(N)=O)CC1. The van der Waals surface area contributed by atoms with Crippen LogP contribution in [0, 0.1) is 5.41 Å². The average Bonchev–Trinajstić information content (AvgIpc) is 2.84. The van der Waals surface area contributed by atoms with Crippen molar-refractivity contribution in [3.05, 3.63) is 84.2 Å². The van der Waals surface area contributed by atoms with Crippen molar-refractivity contribution in [1.29, 1.82) is 0 Å². The summed E-state index contributed by atoms with van der Waals surface area (Å²) < 4.78 is 5.34. The molecule has 2 aromatic carbocycles. The molecule has 1 aliphatic rings. The summed E-state index contributed by atoms with van der Waals surface area (Å²) in [6.45, 7) is 0.949. The van der Waals surface area contributed by atoms with Gasteiger partial charge in [-0.05, 0) is 54.2 Å². The Morgan fingerprint density at radius 1 is 1.03 bits per heavy atom. The van der Waals surface area contributed by atoms with Gasteiger partial charge in [-0.25, -0.2) is 0 Å². The Morgan fingerprint density at radius 2 is 1.78 bits per heavy atom. The highest BCUT2D eigenvalue weighted by Gasteiger charge is 2.41. The van der Waals surface area contributed by atoms with E-state index in [0.717, 1.165) is 16.7 Å². The van der Waals surface area contributed by atoms with Crippen molar-refractivity contribution in [2.24, 2.45) is 11.1 Å². The maximum Gasteiger partial charge on any atom is 0.257 e. The Bertz CT molecular complexity index is 1110. The lowest BCUT2D eigenvalue weighted by molar-refractivity contribution is -0.130. The van der Waals surface area contributed by atoms with Crippen molar-refractivity contribution in [3.63, 3.8) is 0 Å². The Kier molecular flexibility index (Phi) is 6.21. The molecule has 2 heterocycles. The molecule has 1 fully saturated rings. The van der Waals surface area contributed by atoms with Crippen molar-refractivity contribution in [2.75, 3.05) is 20.2 Å². The lowest BCUT2D eigenvalue weighted by Gasteiger charge is -2.40. The van der Waals surface area contributed by atoms with Gasteiger partial charge in [0, 0.05) is 25.5 Å². The summed E-state index contributed by atoms with van der Waals surface area (Å²) in [5.74, 6) is 0.157. The number of ether oxygens (including phenoxy) is 1. The fraction of sp³-hybridized carbons (Fsp3) is 0.269. The van der Waals surface area contributed by atoms with Crippen LogP contribution in [0.5, 0.6) is 5.75 Å². The van der Waals surface area contributed by atoms with E-state index in [1.54, 1.807) is 30.3 Å². The van der Waals surface area contributed by atoms with Gasteiger partial charge in [0.1, 0.15) is 5.75 Å². The van der Waals surface area contributed by atoms with Gasteiger partial charge in [-0.15, -0.1) is 0 Å². The fourth-order valence-corrected chi connectivity index (χ4v) is 4.42. The Hall–Kier alpha value is -3.67. The molecule has 1 saturated heterocycles. The molecule has 0 radical (unpaired) electrons. The molecule has 6 nitrogen and oxygen atoms in total. The van der Waals surface area contributed by atoms with Gasteiger partial charge in [-0.3, -0.25) is 14.6 Å². The average molecular weight is 430 g/mol. The summed E-state index contributed by atoms with van der Waals surface area (Å²) in [6, 6.07) is 19.3. The van der Waals surface area contributed by atoms with Gasteiger partial charge < -0.3 is 15.4 Å². The number of aromatic nitrogens is 1. The molecule has 0 spiro atoms. The number of hydrogen-bond acceptors (Lipinski definition) is 4. The lowest BCUT2D eigenvalue weighted by Crippen LogP contribution is -2.49. The number of methoxy groups -OCH3 is 1. The molecule has 0 bridgehead atoms. The zero-order valence-corrected chi connectivity index (χ0v) is 18.2. The quantitative estimate of drug-likeness (QED) is 0.647. The molecule has 0 unspecified atom stereocenters. The predicted octanol–water partition coefficient (Wildman–Crippen LogP) is 3.71. The molecule has 1 aromatic heterocycles. The number of nitrogens with two attached hydrogens (primary N) is 1. The first-order valence-corrected chi connectivity index (χ1v) is 10.7. The summed E-state index contributed by atoms with van der Waals surface area (Å²) in [6.07, 6.45) is 5.17. The minimum absolute atomic E-state index is 0.0842. The normalized spacial score (nSPS) is 15.2. The van der Waals surface area contributed by atoms with Gasteiger partial charge >= 0.3 is 0 Å². The number of carbonyl (C=O) groups is 2. The monoisotopic (exact) mass is 429 g/mol. The standard InChI is InChI=1S/C26H27N3O3/c1-32-23-10-3-2-9-22(23)24(30)29-14-11-26(12-15-29,25(27)31)17-19-6-4-7-20(16-19)21-8-5-13-28-18-21/h2-10,13,16,18H,11-12,14-15,17H2,1H3,(H2,27,31). The van der Waals surface area contributed by atoms with E-state index in [0.29, 0.717) is 43.7 Å². The number of hydrogen-bond donors (Lipinski definition) is 1. The Labute approximate surface area is 188 Å². The maximum atomic E-state index is 13.0. The van der Waals surface area contributed by atoms with Gasteiger partial charge in [0.25, 0.3) is 5.91 Å². The number of carbonyl (C=O) groups excluding carboxylic acids is 2. The third-order valence-electron chi connectivity index (χ3n) is 6.33. The van der Waals surface area contributed by atoms with Crippen LogP contribution in [0.3, 0.4) is 0 Å². The number of amides is 2. The molecule has 0 saturated carbocycles. The van der Waals surface area contributed by atoms with Crippen LogP contribution in [-0.2, 0) is 11.2 Å². The molecule has 4 rings (SSSR count). The van der Waals surface area contributed by atoms with E-state index in [1.807, 2.05) is 48.7 Å². The first-order chi connectivity index (χ1) is 15.5. The van der Waals surface area contributed by atoms with Gasteiger partial charge in [-0.2, -0.15) is 0 Å².